The van der Waals surface area contributed by atoms with Gasteiger partial charge in [-0.2, -0.15) is 5.10 Å². The maximum atomic E-state index is 12.6. The summed E-state index contributed by atoms with van der Waals surface area (Å²) < 4.78 is 1.40. The number of hydrogen-bond acceptors (Lipinski definition) is 3. The van der Waals surface area contributed by atoms with Crippen LogP contribution in [-0.2, 0) is 6.54 Å². The SMILES string of the molecule is CCCN(C)C(=O)c1nn(CCC)c(=O)c2ccccc12. The molecule has 0 saturated heterocycles. The molecule has 1 aromatic heterocycles. The van der Waals surface area contributed by atoms with Gasteiger partial charge in [0.1, 0.15) is 0 Å². The van der Waals surface area contributed by atoms with Crippen molar-refractivity contribution in [1.29, 1.82) is 0 Å². The van der Waals surface area contributed by atoms with E-state index in [9.17, 15) is 9.59 Å². The molecule has 0 aliphatic carbocycles. The second-order valence-electron chi connectivity index (χ2n) is 5.15. The smallest absolute Gasteiger partial charge is 0.274 e. The second kappa shape index (κ2) is 6.52. The van der Waals surface area contributed by atoms with E-state index < -0.39 is 0 Å². The molecule has 2 aromatic rings. The Balaban J connectivity index is 2.64. The number of fused-ring (bicyclic) bond motifs is 1. The number of nitrogens with zero attached hydrogens (tertiary/aromatic N) is 3. The third-order valence-corrected chi connectivity index (χ3v) is 3.41. The first kappa shape index (κ1) is 15.2. The fourth-order valence-electron chi connectivity index (χ4n) is 2.37. The molecule has 21 heavy (non-hydrogen) atoms. The first-order valence-electron chi connectivity index (χ1n) is 7.35. The van der Waals surface area contributed by atoms with E-state index in [1.807, 2.05) is 26.0 Å². The molecule has 0 unspecified atom stereocenters. The summed E-state index contributed by atoms with van der Waals surface area (Å²) in [6, 6.07) is 7.17. The third-order valence-electron chi connectivity index (χ3n) is 3.41. The van der Waals surface area contributed by atoms with Crippen molar-refractivity contribution in [2.45, 2.75) is 33.2 Å². The van der Waals surface area contributed by atoms with Crippen LogP contribution in [0.5, 0.6) is 0 Å². The Bertz CT molecular complexity index is 706. The molecule has 5 heteroatoms. The van der Waals surface area contributed by atoms with Gasteiger partial charge >= 0.3 is 0 Å². The van der Waals surface area contributed by atoms with Gasteiger partial charge in [-0.25, -0.2) is 4.68 Å². The number of carbonyl (C=O) groups excluding carboxylic acids is 1. The zero-order valence-electron chi connectivity index (χ0n) is 12.8. The van der Waals surface area contributed by atoms with E-state index in [-0.39, 0.29) is 11.5 Å². The molecule has 0 fully saturated rings. The highest BCUT2D eigenvalue weighted by molar-refractivity contribution is 6.04. The summed E-state index contributed by atoms with van der Waals surface area (Å²) >= 11 is 0. The molecule has 2 rings (SSSR count). The fourth-order valence-corrected chi connectivity index (χ4v) is 2.37. The molecule has 1 aromatic carbocycles. The highest BCUT2D eigenvalue weighted by Crippen LogP contribution is 2.15. The summed E-state index contributed by atoms with van der Waals surface area (Å²) in [4.78, 5) is 26.6. The van der Waals surface area contributed by atoms with Crippen molar-refractivity contribution in [2.24, 2.45) is 0 Å². The molecule has 0 atom stereocenters. The van der Waals surface area contributed by atoms with E-state index in [2.05, 4.69) is 5.10 Å². The Labute approximate surface area is 124 Å². The van der Waals surface area contributed by atoms with E-state index in [0.717, 1.165) is 12.8 Å². The van der Waals surface area contributed by atoms with Crippen LogP contribution < -0.4 is 5.56 Å². The highest BCUT2D eigenvalue weighted by Gasteiger charge is 2.19. The zero-order chi connectivity index (χ0) is 15.4. The van der Waals surface area contributed by atoms with E-state index in [1.165, 1.54) is 4.68 Å². The number of aryl methyl sites for hydroxylation is 1. The summed E-state index contributed by atoms with van der Waals surface area (Å²) in [7, 11) is 1.76. The number of carbonyl (C=O) groups is 1. The number of benzene rings is 1. The topological polar surface area (TPSA) is 55.2 Å². The lowest BCUT2D eigenvalue weighted by Gasteiger charge is -2.17. The predicted molar refractivity (Wildman–Crippen MR) is 83.5 cm³/mol. The summed E-state index contributed by atoms with van der Waals surface area (Å²) in [5, 5.41) is 5.48. The van der Waals surface area contributed by atoms with Gasteiger partial charge in [0.15, 0.2) is 5.69 Å². The molecule has 0 radical (unpaired) electrons. The maximum Gasteiger partial charge on any atom is 0.274 e. The first-order chi connectivity index (χ1) is 10.1. The Morgan fingerprint density at radius 1 is 1.19 bits per heavy atom. The lowest BCUT2D eigenvalue weighted by molar-refractivity contribution is 0.0789. The first-order valence-corrected chi connectivity index (χ1v) is 7.35. The van der Waals surface area contributed by atoms with Crippen LogP contribution in [0.4, 0.5) is 0 Å². The number of rotatable bonds is 5. The fraction of sp³-hybridized carbons (Fsp3) is 0.438. The van der Waals surface area contributed by atoms with E-state index in [1.54, 1.807) is 24.1 Å². The molecule has 5 nitrogen and oxygen atoms in total. The van der Waals surface area contributed by atoms with Crippen molar-refractivity contribution >= 4 is 16.7 Å². The minimum Gasteiger partial charge on any atom is -0.340 e. The molecule has 0 aliphatic rings. The lowest BCUT2D eigenvalue weighted by Crippen LogP contribution is -2.32. The predicted octanol–water partition coefficient (Wildman–Crippen LogP) is 2.29. The summed E-state index contributed by atoms with van der Waals surface area (Å²) in [5.41, 5.74) is 0.219. The quantitative estimate of drug-likeness (QED) is 0.848. The van der Waals surface area contributed by atoms with Crippen molar-refractivity contribution < 1.29 is 4.79 Å². The van der Waals surface area contributed by atoms with E-state index in [4.69, 9.17) is 0 Å². The third kappa shape index (κ3) is 2.96. The van der Waals surface area contributed by atoms with Crippen molar-refractivity contribution in [3.8, 4) is 0 Å². The molecule has 0 aliphatic heterocycles. The van der Waals surface area contributed by atoms with Gasteiger partial charge < -0.3 is 4.90 Å². The Morgan fingerprint density at radius 3 is 2.48 bits per heavy atom. The minimum atomic E-state index is -0.141. The van der Waals surface area contributed by atoms with Crippen LogP contribution in [0.1, 0.15) is 37.2 Å². The molecule has 1 heterocycles. The minimum absolute atomic E-state index is 0.137. The van der Waals surface area contributed by atoms with Crippen molar-refractivity contribution in [2.75, 3.05) is 13.6 Å². The van der Waals surface area contributed by atoms with Crippen LogP contribution >= 0.6 is 0 Å². The molecular formula is C16H21N3O2. The van der Waals surface area contributed by atoms with E-state index >= 15 is 0 Å². The zero-order valence-corrected chi connectivity index (χ0v) is 12.8. The van der Waals surface area contributed by atoms with Gasteiger partial charge in [0, 0.05) is 25.5 Å². The van der Waals surface area contributed by atoms with Crippen LogP contribution in [0.2, 0.25) is 0 Å². The standard InChI is InChI=1S/C16H21N3O2/c1-4-10-18(3)16(21)14-12-8-6-7-9-13(12)15(20)19(17-14)11-5-2/h6-9H,4-5,10-11H2,1-3H3. The largest absolute Gasteiger partial charge is 0.340 e. The van der Waals surface area contributed by atoms with Gasteiger partial charge in [-0.15, -0.1) is 0 Å². The Kier molecular flexibility index (Phi) is 4.73. The summed E-state index contributed by atoms with van der Waals surface area (Å²) in [6.45, 7) is 5.19. The Morgan fingerprint density at radius 2 is 1.86 bits per heavy atom. The molecule has 0 spiro atoms. The van der Waals surface area contributed by atoms with Gasteiger partial charge in [-0.3, -0.25) is 9.59 Å². The lowest BCUT2D eigenvalue weighted by atomic mass is 10.1. The van der Waals surface area contributed by atoms with Crippen LogP contribution in [0, 0.1) is 0 Å². The van der Waals surface area contributed by atoms with E-state index in [0.29, 0.717) is 29.6 Å². The molecule has 0 bridgehead atoms. The van der Waals surface area contributed by atoms with Gasteiger partial charge in [0.2, 0.25) is 0 Å². The average Bonchev–Trinajstić information content (AvgIpc) is 2.50. The van der Waals surface area contributed by atoms with Crippen molar-refractivity contribution in [3.05, 3.63) is 40.3 Å². The molecule has 1 amide bonds. The van der Waals surface area contributed by atoms with Gasteiger partial charge in [-0.1, -0.05) is 32.0 Å². The second-order valence-corrected chi connectivity index (χ2v) is 5.15. The number of amides is 1. The van der Waals surface area contributed by atoms with Crippen LogP contribution in [0.15, 0.2) is 29.1 Å². The number of hydrogen-bond donors (Lipinski definition) is 0. The Hall–Kier alpha value is -2.17. The molecule has 0 saturated carbocycles. The van der Waals surface area contributed by atoms with Crippen LogP contribution in [0.3, 0.4) is 0 Å². The van der Waals surface area contributed by atoms with Gasteiger partial charge in [0.25, 0.3) is 11.5 Å². The highest BCUT2D eigenvalue weighted by atomic mass is 16.2. The number of aromatic nitrogens is 2. The van der Waals surface area contributed by atoms with Crippen molar-refractivity contribution in [1.82, 2.24) is 14.7 Å². The monoisotopic (exact) mass is 287 g/mol. The van der Waals surface area contributed by atoms with Crippen molar-refractivity contribution in [3.63, 3.8) is 0 Å². The normalized spacial score (nSPS) is 10.8. The summed E-state index contributed by atoms with van der Waals surface area (Å²) in [5.74, 6) is -0.141. The van der Waals surface area contributed by atoms with Crippen LogP contribution in [-0.4, -0.2) is 34.2 Å². The van der Waals surface area contributed by atoms with Crippen LogP contribution in [0.25, 0.3) is 10.8 Å². The molecule has 112 valence electrons. The average molecular weight is 287 g/mol. The summed E-state index contributed by atoms with van der Waals surface area (Å²) in [6.07, 6.45) is 1.68. The van der Waals surface area contributed by atoms with Gasteiger partial charge in [-0.05, 0) is 18.9 Å². The maximum absolute atomic E-state index is 12.6. The molecule has 0 N–H and O–H groups in total. The molecular weight excluding hydrogens is 266 g/mol. The van der Waals surface area contributed by atoms with Gasteiger partial charge in [0.05, 0.1) is 5.39 Å².